The fourth-order valence-electron chi connectivity index (χ4n) is 2.43. The molecule has 128 valence electrons. The van der Waals surface area contributed by atoms with Gasteiger partial charge in [-0.25, -0.2) is 4.98 Å². The van der Waals surface area contributed by atoms with Crippen LogP contribution in [0.3, 0.4) is 0 Å². The van der Waals surface area contributed by atoms with Crippen LogP contribution in [0.4, 0.5) is 10.8 Å². The number of hydrogen-bond acceptors (Lipinski definition) is 6. The minimum atomic E-state index is -0.537. The standard InChI is InChI=1S/C14H13BrN4O3S.ClH/c15-8-3-7(4-10(5-8)19(21)22)13(20)18-14-17-11-2-1-9(16)6-12(11)23-14;/h3-5,9H,1-2,6,16H2,(H,17,18,20);1H/t9-;/m0./s1. The number of nitrogens with zero attached hydrogens (tertiary/aromatic N) is 2. The Morgan fingerprint density at radius 1 is 1.46 bits per heavy atom. The second-order valence-corrected chi connectivity index (χ2v) is 7.30. The summed E-state index contributed by atoms with van der Waals surface area (Å²) in [6.07, 6.45) is 2.47. The summed E-state index contributed by atoms with van der Waals surface area (Å²) in [6, 6.07) is 4.26. The van der Waals surface area contributed by atoms with Gasteiger partial charge in [-0.1, -0.05) is 15.9 Å². The summed E-state index contributed by atoms with van der Waals surface area (Å²) in [7, 11) is 0. The Balaban J connectivity index is 0.00000208. The van der Waals surface area contributed by atoms with Crippen molar-refractivity contribution in [2.75, 3.05) is 5.32 Å². The molecule has 1 aliphatic rings. The number of benzene rings is 1. The molecule has 0 radical (unpaired) electrons. The number of nitrogens with one attached hydrogen (secondary N) is 1. The molecule has 1 aromatic carbocycles. The second-order valence-electron chi connectivity index (χ2n) is 5.30. The molecule has 0 saturated carbocycles. The van der Waals surface area contributed by atoms with Crippen LogP contribution >= 0.6 is 39.7 Å². The molecule has 2 aromatic rings. The number of aromatic nitrogens is 1. The van der Waals surface area contributed by atoms with E-state index in [1.807, 2.05) is 0 Å². The Labute approximate surface area is 156 Å². The maximum Gasteiger partial charge on any atom is 0.271 e. The summed E-state index contributed by atoms with van der Waals surface area (Å²) in [4.78, 5) is 28.2. The predicted molar refractivity (Wildman–Crippen MR) is 98.1 cm³/mol. The number of amides is 1. The van der Waals surface area contributed by atoms with E-state index in [-0.39, 0.29) is 29.7 Å². The maximum absolute atomic E-state index is 12.3. The van der Waals surface area contributed by atoms with Crippen molar-refractivity contribution >= 4 is 56.4 Å². The summed E-state index contributed by atoms with van der Waals surface area (Å²) in [5.74, 6) is -0.426. The molecule has 1 atom stereocenters. The fourth-order valence-corrected chi connectivity index (χ4v) is 4.01. The molecule has 0 aliphatic heterocycles. The third kappa shape index (κ3) is 4.10. The lowest BCUT2D eigenvalue weighted by Gasteiger charge is -2.15. The average molecular weight is 434 g/mol. The highest BCUT2D eigenvalue weighted by Crippen LogP contribution is 2.30. The number of nitro groups is 1. The molecular formula is C14H14BrClN4O3S. The van der Waals surface area contributed by atoms with Gasteiger partial charge in [-0.05, 0) is 25.3 Å². The van der Waals surface area contributed by atoms with E-state index in [2.05, 4.69) is 26.2 Å². The minimum Gasteiger partial charge on any atom is -0.327 e. The van der Waals surface area contributed by atoms with Crippen molar-refractivity contribution in [1.82, 2.24) is 4.98 Å². The number of fused-ring (bicyclic) bond motifs is 1. The summed E-state index contributed by atoms with van der Waals surface area (Å²) < 4.78 is 0.473. The number of non-ortho nitro benzene ring substituents is 1. The van der Waals surface area contributed by atoms with Crippen LogP contribution < -0.4 is 11.1 Å². The van der Waals surface area contributed by atoms with Gasteiger partial charge in [0.25, 0.3) is 11.6 Å². The average Bonchev–Trinajstić information content (AvgIpc) is 2.87. The lowest BCUT2D eigenvalue weighted by Crippen LogP contribution is -2.27. The summed E-state index contributed by atoms with van der Waals surface area (Å²) in [5.41, 5.74) is 6.97. The van der Waals surface area contributed by atoms with Crippen molar-refractivity contribution in [2.45, 2.75) is 25.3 Å². The van der Waals surface area contributed by atoms with Gasteiger partial charge in [0.1, 0.15) is 0 Å². The van der Waals surface area contributed by atoms with Crippen LogP contribution in [-0.4, -0.2) is 21.9 Å². The van der Waals surface area contributed by atoms with Crippen molar-refractivity contribution in [3.63, 3.8) is 0 Å². The van der Waals surface area contributed by atoms with E-state index in [4.69, 9.17) is 5.73 Å². The molecular weight excluding hydrogens is 420 g/mol. The predicted octanol–water partition coefficient (Wildman–Crippen LogP) is 3.30. The molecule has 0 spiro atoms. The largest absolute Gasteiger partial charge is 0.327 e. The van der Waals surface area contributed by atoms with E-state index in [9.17, 15) is 14.9 Å². The number of rotatable bonds is 3. The molecule has 1 heterocycles. The van der Waals surface area contributed by atoms with Gasteiger partial charge in [0.15, 0.2) is 5.13 Å². The Bertz CT molecular complexity index is 798. The van der Waals surface area contributed by atoms with Crippen molar-refractivity contribution < 1.29 is 9.72 Å². The first-order chi connectivity index (χ1) is 10.9. The molecule has 24 heavy (non-hydrogen) atoms. The molecule has 1 aliphatic carbocycles. The highest BCUT2D eigenvalue weighted by Gasteiger charge is 2.21. The molecule has 3 N–H and O–H groups in total. The molecule has 3 rings (SSSR count). The van der Waals surface area contributed by atoms with Crippen LogP contribution in [0.5, 0.6) is 0 Å². The van der Waals surface area contributed by atoms with Crippen molar-refractivity contribution in [3.05, 3.63) is 48.9 Å². The quantitative estimate of drug-likeness (QED) is 0.570. The Morgan fingerprint density at radius 2 is 2.21 bits per heavy atom. The number of anilines is 1. The number of nitrogens with two attached hydrogens (primary N) is 1. The first-order valence-corrected chi connectivity index (χ1v) is 8.54. The SMILES string of the molecule is Cl.N[C@H]1CCc2nc(NC(=O)c3cc(Br)cc([N+](=O)[O-])c3)sc2C1. The van der Waals surface area contributed by atoms with Crippen LogP contribution in [0.25, 0.3) is 0 Å². The maximum atomic E-state index is 12.3. The third-order valence-electron chi connectivity index (χ3n) is 3.55. The first-order valence-electron chi connectivity index (χ1n) is 6.93. The van der Waals surface area contributed by atoms with Crippen LogP contribution in [0, 0.1) is 10.1 Å². The lowest BCUT2D eigenvalue weighted by atomic mass is 9.99. The lowest BCUT2D eigenvalue weighted by molar-refractivity contribution is -0.384. The Hall–Kier alpha value is -1.55. The highest BCUT2D eigenvalue weighted by molar-refractivity contribution is 9.10. The second kappa shape index (κ2) is 7.56. The van der Waals surface area contributed by atoms with Gasteiger partial charge in [-0.15, -0.1) is 23.7 Å². The Kier molecular flexibility index (Phi) is 5.92. The van der Waals surface area contributed by atoms with Crippen molar-refractivity contribution in [2.24, 2.45) is 5.73 Å². The topological polar surface area (TPSA) is 111 Å². The minimum absolute atomic E-state index is 0. The number of aryl methyl sites for hydroxylation is 1. The fraction of sp³-hybridized carbons (Fsp3) is 0.286. The van der Waals surface area contributed by atoms with Gasteiger partial charge in [0, 0.05) is 33.1 Å². The van der Waals surface area contributed by atoms with E-state index in [0.717, 1.165) is 29.8 Å². The molecule has 1 aromatic heterocycles. The highest BCUT2D eigenvalue weighted by atomic mass is 79.9. The van der Waals surface area contributed by atoms with Gasteiger partial charge in [0.05, 0.1) is 10.6 Å². The molecule has 10 heteroatoms. The normalized spacial score (nSPS) is 16.0. The summed E-state index contributed by atoms with van der Waals surface area (Å²) in [5, 5.41) is 14.1. The number of carbonyl (C=O) groups excluding carboxylic acids is 1. The van der Waals surface area contributed by atoms with Gasteiger partial charge in [-0.3, -0.25) is 20.2 Å². The number of carbonyl (C=O) groups is 1. The molecule has 1 amide bonds. The summed E-state index contributed by atoms with van der Waals surface area (Å²) in [6.45, 7) is 0. The van der Waals surface area contributed by atoms with Crippen LogP contribution in [0.1, 0.15) is 27.3 Å². The van der Waals surface area contributed by atoms with Gasteiger partial charge < -0.3 is 5.73 Å². The molecule has 0 fully saturated rings. The van der Waals surface area contributed by atoms with Crippen LogP contribution in [0.15, 0.2) is 22.7 Å². The number of thiazole rings is 1. The van der Waals surface area contributed by atoms with Gasteiger partial charge in [0.2, 0.25) is 0 Å². The van der Waals surface area contributed by atoms with Crippen LogP contribution in [-0.2, 0) is 12.8 Å². The zero-order chi connectivity index (χ0) is 16.6. The zero-order valence-electron chi connectivity index (χ0n) is 12.3. The van der Waals surface area contributed by atoms with E-state index < -0.39 is 10.8 Å². The van der Waals surface area contributed by atoms with E-state index in [1.54, 1.807) is 0 Å². The molecule has 7 nitrogen and oxygen atoms in total. The smallest absolute Gasteiger partial charge is 0.271 e. The van der Waals surface area contributed by atoms with E-state index in [0.29, 0.717) is 9.60 Å². The monoisotopic (exact) mass is 432 g/mol. The van der Waals surface area contributed by atoms with Crippen molar-refractivity contribution in [1.29, 1.82) is 0 Å². The number of hydrogen-bond donors (Lipinski definition) is 2. The number of nitro benzene ring substituents is 1. The molecule has 0 unspecified atom stereocenters. The molecule has 0 bridgehead atoms. The van der Waals surface area contributed by atoms with E-state index >= 15 is 0 Å². The van der Waals surface area contributed by atoms with Crippen molar-refractivity contribution in [3.8, 4) is 0 Å². The Morgan fingerprint density at radius 3 is 2.92 bits per heavy atom. The van der Waals surface area contributed by atoms with Crippen LogP contribution in [0.2, 0.25) is 0 Å². The third-order valence-corrected chi connectivity index (χ3v) is 5.05. The molecule has 0 saturated heterocycles. The summed E-state index contributed by atoms with van der Waals surface area (Å²) >= 11 is 4.58. The van der Waals surface area contributed by atoms with Gasteiger partial charge >= 0.3 is 0 Å². The van der Waals surface area contributed by atoms with Gasteiger partial charge in [-0.2, -0.15) is 0 Å². The van der Waals surface area contributed by atoms with E-state index in [1.165, 1.54) is 29.5 Å². The first kappa shape index (κ1) is 18.8. The number of halogens is 2. The zero-order valence-corrected chi connectivity index (χ0v) is 15.5.